The summed E-state index contributed by atoms with van der Waals surface area (Å²) in [5, 5.41) is 8.16. The lowest BCUT2D eigenvalue weighted by molar-refractivity contribution is -0.139. The summed E-state index contributed by atoms with van der Waals surface area (Å²) in [6, 6.07) is 1.70. The molecule has 0 atom stereocenters. The van der Waals surface area contributed by atoms with Crippen LogP contribution in [0.25, 0.3) is 0 Å². The van der Waals surface area contributed by atoms with Gasteiger partial charge in [-0.25, -0.2) is 8.42 Å². The summed E-state index contributed by atoms with van der Waals surface area (Å²) >= 11 is 5.65. The molecular formula is C12H13ClF3NO4S. The van der Waals surface area contributed by atoms with Crippen LogP contribution < -0.4 is 0 Å². The minimum absolute atomic E-state index is 0.450. The van der Waals surface area contributed by atoms with Crippen LogP contribution in [0.15, 0.2) is 23.1 Å². The first kappa shape index (κ1) is 18.7. The molecule has 0 saturated carbocycles. The van der Waals surface area contributed by atoms with E-state index >= 15 is 0 Å². The molecule has 0 aliphatic rings. The number of sulfonamides is 1. The molecule has 0 aliphatic heterocycles. The molecule has 0 aromatic heterocycles. The Morgan fingerprint density at radius 2 is 1.91 bits per heavy atom. The smallest absolute Gasteiger partial charge is 0.417 e. The van der Waals surface area contributed by atoms with Crippen LogP contribution in [-0.4, -0.2) is 36.4 Å². The zero-order chi connectivity index (χ0) is 17.3. The quantitative estimate of drug-likeness (QED) is 0.877. The van der Waals surface area contributed by atoms with Gasteiger partial charge in [-0.2, -0.15) is 17.5 Å². The Morgan fingerprint density at radius 3 is 2.32 bits per heavy atom. The van der Waals surface area contributed by atoms with E-state index in [0.717, 1.165) is 12.1 Å². The van der Waals surface area contributed by atoms with Crippen molar-refractivity contribution < 1.29 is 31.5 Å². The van der Waals surface area contributed by atoms with Crippen molar-refractivity contribution in [3.05, 3.63) is 28.8 Å². The van der Waals surface area contributed by atoms with E-state index in [4.69, 9.17) is 16.7 Å². The van der Waals surface area contributed by atoms with Gasteiger partial charge in [-0.05, 0) is 26.0 Å². The lowest BCUT2D eigenvalue weighted by Gasteiger charge is -2.26. The third kappa shape index (κ3) is 3.90. The standard InChI is InChI=1S/C12H13ClF3NO4S/c1-7(2)17(6-10(18)19)22(20,21)11-8(12(14,15)16)4-3-5-9(11)13/h3-5,7H,6H2,1-2H3,(H,18,19). The number of hydrogen-bond acceptors (Lipinski definition) is 3. The third-order valence-corrected chi connectivity index (χ3v) is 5.26. The number of alkyl halides is 3. The van der Waals surface area contributed by atoms with E-state index in [9.17, 15) is 26.4 Å². The lowest BCUT2D eigenvalue weighted by Crippen LogP contribution is -2.41. The highest BCUT2D eigenvalue weighted by Crippen LogP contribution is 2.39. The fraction of sp³-hybridized carbons (Fsp3) is 0.417. The maximum absolute atomic E-state index is 13.0. The molecule has 0 unspecified atom stereocenters. The normalized spacial score (nSPS) is 12.9. The van der Waals surface area contributed by atoms with E-state index in [2.05, 4.69) is 0 Å². The zero-order valence-electron chi connectivity index (χ0n) is 11.6. The topological polar surface area (TPSA) is 74.7 Å². The van der Waals surface area contributed by atoms with Gasteiger partial charge in [0.05, 0.1) is 10.6 Å². The zero-order valence-corrected chi connectivity index (χ0v) is 13.1. The molecule has 0 aliphatic carbocycles. The summed E-state index contributed by atoms with van der Waals surface area (Å²) < 4.78 is 64.5. The molecule has 0 saturated heterocycles. The van der Waals surface area contributed by atoms with Gasteiger partial charge in [0.25, 0.3) is 0 Å². The number of carbonyl (C=O) groups is 1. The van der Waals surface area contributed by atoms with Gasteiger partial charge < -0.3 is 5.11 Å². The average molecular weight is 360 g/mol. The van der Waals surface area contributed by atoms with Gasteiger partial charge in [0.2, 0.25) is 10.0 Å². The number of hydrogen-bond donors (Lipinski definition) is 1. The van der Waals surface area contributed by atoms with Crippen LogP contribution in [-0.2, 0) is 21.0 Å². The first-order chi connectivity index (χ1) is 9.89. The maximum atomic E-state index is 13.0. The van der Waals surface area contributed by atoms with Crippen molar-refractivity contribution in [1.82, 2.24) is 4.31 Å². The summed E-state index contributed by atoms with van der Waals surface area (Å²) in [5.74, 6) is -1.49. The Labute approximate surface area is 130 Å². The summed E-state index contributed by atoms with van der Waals surface area (Å²) in [5.41, 5.74) is -1.43. The van der Waals surface area contributed by atoms with Gasteiger partial charge in [-0.1, -0.05) is 17.7 Å². The van der Waals surface area contributed by atoms with Gasteiger partial charge in [0.1, 0.15) is 11.4 Å². The highest BCUT2D eigenvalue weighted by atomic mass is 35.5. The molecule has 0 heterocycles. The highest BCUT2D eigenvalue weighted by Gasteiger charge is 2.41. The van der Waals surface area contributed by atoms with Crippen LogP contribution in [0.4, 0.5) is 13.2 Å². The number of benzene rings is 1. The van der Waals surface area contributed by atoms with E-state index in [1.807, 2.05) is 0 Å². The van der Waals surface area contributed by atoms with Crippen molar-refractivity contribution in [2.45, 2.75) is 31.0 Å². The van der Waals surface area contributed by atoms with Crippen LogP contribution in [0.5, 0.6) is 0 Å². The number of carboxylic acids is 1. The SMILES string of the molecule is CC(C)N(CC(=O)O)S(=O)(=O)c1c(Cl)cccc1C(F)(F)F. The first-order valence-corrected chi connectivity index (χ1v) is 7.80. The molecule has 0 spiro atoms. The van der Waals surface area contributed by atoms with Gasteiger partial charge in [-0.15, -0.1) is 0 Å². The van der Waals surface area contributed by atoms with E-state index in [1.165, 1.54) is 13.8 Å². The molecule has 1 aromatic carbocycles. The fourth-order valence-electron chi connectivity index (χ4n) is 1.79. The van der Waals surface area contributed by atoms with Crippen molar-refractivity contribution in [3.8, 4) is 0 Å². The minimum atomic E-state index is -4.95. The first-order valence-electron chi connectivity index (χ1n) is 5.98. The van der Waals surface area contributed by atoms with Crippen molar-refractivity contribution >= 4 is 27.6 Å². The second kappa shape index (κ2) is 6.43. The number of nitrogens with zero attached hydrogens (tertiary/aromatic N) is 1. The third-order valence-electron chi connectivity index (χ3n) is 2.71. The van der Waals surface area contributed by atoms with E-state index in [0.29, 0.717) is 10.4 Å². The molecule has 22 heavy (non-hydrogen) atoms. The number of aliphatic carboxylic acids is 1. The Bertz CT molecular complexity index is 673. The van der Waals surface area contributed by atoms with E-state index in [1.54, 1.807) is 0 Å². The Hall–Kier alpha value is -1.32. The molecule has 10 heteroatoms. The molecule has 0 bridgehead atoms. The number of carboxylic acid groups (broad SMARTS) is 1. The second-order valence-corrected chi connectivity index (χ2v) is 6.89. The van der Waals surface area contributed by atoms with Crippen LogP contribution in [0.2, 0.25) is 5.02 Å². The predicted molar refractivity (Wildman–Crippen MR) is 73.1 cm³/mol. The van der Waals surface area contributed by atoms with Crippen molar-refractivity contribution in [1.29, 1.82) is 0 Å². The summed E-state index contributed by atoms with van der Waals surface area (Å²) in [6.45, 7) is 1.73. The fourth-order valence-corrected chi connectivity index (χ4v) is 4.10. The summed E-state index contributed by atoms with van der Waals surface area (Å²) in [6.07, 6.45) is -4.95. The monoisotopic (exact) mass is 359 g/mol. The van der Waals surface area contributed by atoms with Crippen LogP contribution in [0.1, 0.15) is 19.4 Å². The second-order valence-electron chi connectivity index (χ2n) is 4.65. The summed E-state index contributed by atoms with van der Waals surface area (Å²) in [4.78, 5) is 9.66. The molecule has 1 aromatic rings. The highest BCUT2D eigenvalue weighted by molar-refractivity contribution is 7.89. The van der Waals surface area contributed by atoms with Gasteiger partial charge in [0, 0.05) is 6.04 Å². The van der Waals surface area contributed by atoms with Crippen LogP contribution >= 0.6 is 11.6 Å². The molecule has 0 amide bonds. The Morgan fingerprint density at radius 1 is 1.36 bits per heavy atom. The largest absolute Gasteiger partial charge is 0.480 e. The molecule has 1 rings (SSSR count). The molecule has 5 nitrogen and oxygen atoms in total. The van der Waals surface area contributed by atoms with E-state index < -0.39 is 50.2 Å². The molecule has 0 radical (unpaired) electrons. The van der Waals surface area contributed by atoms with Crippen LogP contribution in [0, 0.1) is 0 Å². The van der Waals surface area contributed by atoms with Crippen molar-refractivity contribution in [2.75, 3.05) is 6.54 Å². The predicted octanol–water partition coefficient (Wildman–Crippen LogP) is 2.84. The van der Waals surface area contributed by atoms with Gasteiger partial charge >= 0.3 is 12.1 Å². The summed E-state index contributed by atoms with van der Waals surface area (Å²) in [7, 11) is -4.74. The van der Waals surface area contributed by atoms with Crippen LogP contribution in [0.3, 0.4) is 0 Å². The number of halogens is 4. The molecule has 0 fully saturated rings. The maximum Gasteiger partial charge on any atom is 0.417 e. The van der Waals surface area contributed by atoms with Gasteiger partial charge in [0.15, 0.2) is 0 Å². The molecule has 124 valence electrons. The van der Waals surface area contributed by atoms with Crippen molar-refractivity contribution in [2.24, 2.45) is 0 Å². The Kier molecular flexibility index (Phi) is 5.47. The molecule has 1 N–H and O–H groups in total. The minimum Gasteiger partial charge on any atom is -0.480 e. The molecular weight excluding hydrogens is 347 g/mol. The number of rotatable bonds is 5. The van der Waals surface area contributed by atoms with Gasteiger partial charge in [-0.3, -0.25) is 4.79 Å². The van der Waals surface area contributed by atoms with Crippen molar-refractivity contribution in [3.63, 3.8) is 0 Å². The lowest BCUT2D eigenvalue weighted by atomic mass is 10.2. The Balaban J connectivity index is 3.61. The van der Waals surface area contributed by atoms with E-state index in [-0.39, 0.29) is 0 Å². The average Bonchev–Trinajstić information content (AvgIpc) is 2.33.